The van der Waals surface area contributed by atoms with E-state index in [4.69, 9.17) is 10.5 Å². The molecule has 1 fully saturated rings. The lowest BCUT2D eigenvalue weighted by atomic mass is 9.92. The van der Waals surface area contributed by atoms with Crippen LogP contribution in [0.4, 0.5) is 0 Å². The minimum atomic E-state index is 0.267. The average Bonchev–Trinajstić information content (AvgIpc) is 2.78. The minimum Gasteiger partial charge on any atom is -0.381 e. The molecule has 1 saturated heterocycles. The Morgan fingerprint density at radius 2 is 2.31 bits per heavy atom. The molecule has 90 valence electrons. The number of hydrogen-bond donors (Lipinski definition) is 1. The van der Waals surface area contributed by atoms with E-state index in [2.05, 4.69) is 19.1 Å². The van der Waals surface area contributed by atoms with Crippen LogP contribution < -0.4 is 5.73 Å². The fourth-order valence-electron chi connectivity index (χ4n) is 2.22. The van der Waals surface area contributed by atoms with Crippen LogP contribution in [-0.4, -0.2) is 19.3 Å². The second kappa shape index (κ2) is 5.80. The van der Waals surface area contributed by atoms with Gasteiger partial charge in [-0.3, -0.25) is 0 Å². The van der Waals surface area contributed by atoms with Crippen molar-refractivity contribution in [1.29, 1.82) is 0 Å². The highest BCUT2D eigenvalue weighted by atomic mass is 32.1. The first-order valence-electron chi connectivity index (χ1n) is 6.20. The maximum Gasteiger partial charge on any atom is 0.0509 e. The predicted octanol–water partition coefficient (Wildman–Crippen LogP) is 2.61. The summed E-state index contributed by atoms with van der Waals surface area (Å²) in [6.07, 6.45) is 4.54. The minimum absolute atomic E-state index is 0.267. The Hall–Kier alpha value is -0.380. The van der Waals surface area contributed by atoms with Gasteiger partial charge in [0.2, 0.25) is 0 Å². The molecule has 0 radical (unpaired) electrons. The summed E-state index contributed by atoms with van der Waals surface area (Å²) in [5.41, 5.74) is 6.26. The summed E-state index contributed by atoms with van der Waals surface area (Å²) in [4.78, 5) is 2.89. The Bertz CT molecular complexity index is 317. The van der Waals surface area contributed by atoms with Crippen molar-refractivity contribution in [1.82, 2.24) is 0 Å². The molecule has 0 aliphatic carbocycles. The molecule has 16 heavy (non-hydrogen) atoms. The lowest BCUT2D eigenvalue weighted by Crippen LogP contribution is -2.37. The van der Waals surface area contributed by atoms with Gasteiger partial charge in [-0.1, -0.05) is 6.92 Å². The molecule has 3 heteroatoms. The maximum absolute atomic E-state index is 6.26. The summed E-state index contributed by atoms with van der Waals surface area (Å²) >= 11 is 1.90. The van der Waals surface area contributed by atoms with Gasteiger partial charge in [0.05, 0.1) is 6.61 Å². The van der Waals surface area contributed by atoms with Gasteiger partial charge < -0.3 is 10.5 Å². The van der Waals surface area contributed by atoms with Crippen molar-refractivity contribution >= 4 is 11.3 Å². The zero-order chi connectivity index (χ0) is 11.4. The molecule has 1 aromatic rings. The fourth-order valence-corrected chi connectivity index (χ4v) is 3.25. The van der Waals surface area contributed by atoms with Gasteiger partial charge in [-0.2, -0.15) is 0 Å². The van der Waals surface area contributed by atoms with Crippen LogP contribution in [0.2, 0.25) is 0 Å². The van der Waals surface area contributed by atoms with Gasteiger partial charge in [0.25, 0.3) is 0 Å². The first-order chi connectivity index (χ1) is 7.79. The predicted molar refractivity (Wildman–Crippen MR) is 68.9 cm³/mol. The highest BCUT2D eigenvalue weighted by Crippen LogP contribution is 2.23. The molecule has 1 aliphatic heterocycles. The number of aryl methyl sites for hydroxylation is 1. The molecule has 2 heterocycles. The third-order valence-electron chi connectivity index (χ3n) is 3.30. The molecule has 2 nitrogen and oxygen atoms in total. The molecule has 0 spiro atoms. The fraction of sp³-hybridized carbons (Fsp3) is 0.692. The van der Waals surface area contributed by atoms with Crippen molar-refractivity contribution in [3.05, 3.63) is 21.9 Å². The van der Waals surface area contributed by atoms with Crippen LogP contribution in [0.1, 0.15) is 29.5 Å². The van der Waals surface area contributed by atoms with Crippen LogP contribution in [-0.2, 0) is 17.6 Å². The quantitative estimate of drug-likeness (QED) is 0.876. The second-order valence-electron chi connectivity index (χ2n) is 4.57. The molecule has 0 aromatic carbocycles. The smallest absolute Gasteiger partial charge is 0.0509 e. The van der Waals surface area contributed by atoms with Gasteiger partial charge in [0, 0.05) is 22.4 Å². The van der Waals surface area contributed by atoms with Crippen LogP contribution in [0.3, 0.4) is 0 Å². The van der Waals surface area contributed by atoms with E-state index in [-0.39, 0.29) is 6.04 Å². The standard InChI is InChI=1S/C13H21NOS/c1-2-11-5-6-12(16-11)8-13(14)10-4-3-7-15-9-10/h5-6,10,13H,2-4,7-9,14H2,1H3. The molecule has 2 N–H and O–H groups in total. The van der Waals surface area contributed by atoms with Gasteiger partial charge in [0.1, 0.15) is 0 Å². The first kappa shape index (κ1) is 12.1. The van der Waals surface area contributed by atoms with Crippen LogP contribution in [0, 0.1) is 5.92 Å². The van der Waals surface area contributed by atoms with E-state index < -0.39 is 0 Å². The molecule has 2 atom stereocenters. The summed E-state index contributed by atoms with van der Waals surface area (Å²) in [5, 5.41) is 0. The Balaban J connectivity index is 1.87. The van der Waals surface area contributed by atoms with E-state index in [1.54, 1.807) is 0 Å². The van der Waals surface area contributed by atoms with E-state index >= 15 is 0 Å². The number of ether oxygens (including phenoxy) is 1. The van der Waals surface area contributed by atoms with Crippen LogP contribution in [0.25, 0.3) is 0 Å². The molecule has 0 saturated carbocycles. The Morgan fingerprint density at radius 1 is 1.50 bits per heavy atom. The zero-order valence-corrected chi connectivity index (χ0v) is 10.8. The van der Waals surface area contributed by atoms with Gasteiger partial charge in [-0.05, 0) is 43.7 Å². The SMILES string of the molecule is CCc1ccc(CC(N)C2CCCOC2)s1. The molecule has 2 rings (SSSR count). The monoisotopic (exact) mass is 239 g/mol. The highest BCUT2D eigenvalue weighted by Gasteiger charge is 2.21. The van der Waals surface area contributed by atoms with Gasteiger partial charge >= 0.3 is 0 Å². The number of rotatable bonds is 4. The van der Waals surface area contributed by atoms with Crippen molar-refractivity contribution in [3.63, 3.8) is 0 Å². The average molecular weight is 239 g/mol. The van der Waals surface area contributed by atoms with Crippen molar-refractivity contribution in [3.8, 4) is 0 Å². The summed E-state index contributed by atoms with van der Waals surface area (Å²) in [7, 11) is 0. The molecular formula is C13H21NOS. The summed E-state index contributed by atoms with van der Waals surface area (Å²) < 4.78 is 5.49. The summed E-state index contributed by atoms with van der Waals surface area (Å²) in [5.74, 6) is 0.556. The zero-order valence-electron chi connectivity index (χ0n) is 9.95. The largest absolute Gasteiger partial charge is 0.381 e. The summed E-state index contributed by atoms with van der Waals surface area (Å²) in [6, 6.07) is 4.72. The lowest BCUT2D eigenvalue weighted by molar-refractivity contribution is 0.0451. The van der Waals surface area contributed by atoms with Crippen molar-refractivity contribution < 1.29 is 4.74 Å². The molecule has 0 amide bonds. The molecule has 1 aromatic heterocycles. The number of hydrogen-bond acceptors (Lipinski definition) is 3. The lowest BCUT2D eigenvalue weighted by Gasteiger charge is -2.27. The Labute approximate surface area is 102 Å². The van der Waals surface area contributed by atoms with E-state index in [0.717, 1.165) is 26.1 Å². The van der Waals surface area contributed by atoms with Crippen molar-refractivity contribution in [2.75, 3.05) is 13.2 Å². The Morgan fingerprint density at radius 3 is 2.94 bits per heavy atom. The van der Waals surface area contributed by atoms with Crippen molar-refractivity contribution in [2.45, 2.75) is 38.6 Å². The van der Waals surface area contributed by atoms with E-state index in [1.165, 1.54) is 22.6 Å². The number of thiophene rings is 1. The van der Waals surface area contributed by atoms with E-state index in [9.17, 15) is 0 Å². The third-order valence-corrected chi connectivity index (χ3v) is 4.56. The third kappa shape index (κ3) is 3.06. The topological polar surface area (TPSA) is 35.2 Å². The number of nitrogens with two attached hydrogens (primary N) is 1. The van der Waals surface area contributed by atoms with Crippen LogP contribution >= 0.6 is 11.3 Å². The molecular weight excluding hydrogens is 218 g/mol. The highest BCUT2D eigenvalue weighted by molar-refractivity contribution is 7.11. The second-order valence-corrected chi connectivity index (χ2v) is 5.82. The Kier molecular flexibility index (Phi) is 4.38. The van der Waals surface area contributed by atoms with Crippen LogP contribution in [0.5, 0.6) is 0 Å². The molecule has 2 unspecified atom stereocenters. The van der Waals surface area contributed by atoms with E-state index in [0.29, 0.717) is 5.92 Å². The van der Waals surface area contributed by atoms with Gasteiger partial charge in [-0.15, -0.1) is 11.3 Å². The van der Waals surface area contributed by atoms with Gasteiger partial charge in [0.15, 0.2) is 0 Å². The molecule has 1 aliphatic rings. The first-order valence-corrected chi connectivity index (χ1v) is 7.02. The van der Waals surface area contributed by atoms with Crippen LogP contribution in [0.15, 0.2) is 12.1 Å². The summed E-state index contributed by atoms with van der Waals surface area (Å²) in [6.45, 7) is 3.97. The van der Waals surface area contributed by atoms with E-state index in [1.807, 2.05) is 11.3 Å². The normalized spacial score (nSPS) is 23.2. The van der Waals surface area contributed by atoms with Gasteiger partial charge in [-0.25, -0.2) is 0 Å². The maximum atomic E-state index is 6.26. The molecule has 0 bridgehead atoms. The van der Waals surface area contributed by atoms with Crippen molar-refractivity contribution in [2.24, 2.45) is 11.7 Å².